The number of hydrogen-bond donors (Lipinski definition) is 1. The molecule has 0 aliphatic carbocycles. The van der Waals surface area contributed by atoms with Crippen LogP contribution in [0.5, 0.6) is 0 Å². The van der Waals surface area contributed by atoms with Gasteiger partial charge in [-0.3, -0.25) is 0 Å². The van der Waals surface area contributed by atoms with E-state index in [0.717, 1.165) is 6.42 Å². The van der Waals surface area contributed by atoms with Crippen molar-refractivity contribution in [3.05, 3.63) is 37.0 Å². The molecule has 0 saturated carbocycles. The zero-order valence-electron chi connectivity index (χ0n) is 9.70. The minimum atomic E-state index is 0.346. The molecule has 0 amide bonds. The van der Waals surface area contributed by atoms with Gasteiger partial charge in [0.2, 0.25) is 0 Å². The molecule has 1 nitrogen and oxygen atoms in total. The van der Waals surface area contributed by atoms with Crippen LogP contribution in [0, 0.1) is 0 Å². The second-order valence-electron chi connectivity index (χ2n) is 3.68. The Balaban J connectivity index is 3.07. The molecule has 0 unspecified atom stereocenters. The first kappa shape index (κ1) is 14.2. The SMILES string of the molecule is C=C/C=C/C=C/CCCCCCCCO. The number of rotatable bonds is 10. The molecule has 0 radical (unpaired) electrons. The lowest BCUT2D eigenvalue weighted by Gasteiger charge is -1.98. The second kappa shape index (κ2) is 13.2. The molecule has 0 aromatic carbocycles. The Kier molecular flexibility index (Phi) is 12.5. The van der Waals surface area contributed by atoms with E-state index in [1.807, 2.05) is 12.2 Å². The molecule has 0 bridgehead atoms. The van der Waals surface area contributed by atoms with Crippen LogP contribution < -0.4 is 0 Å². The van der Waals surface area contributed by atoms with E-state index < -0.39 is 0 Å². The highest BCUT2D eigenvalue weighted by atomic mass is 16.2. The predicted octanol–water partition coefficient (Wildman–Crippen LogP) is 4.01. The van der Waals surface area contributed by atoms with Crippen molar-refractivity contribution in [2.45, 2.75) is 44.9 Å². The number of aliphatic hydroxyl groups excluding tert-OH is 1. The van der Waals surface area contributed by atoms with E-state index in [0.29, 0.717) is 6.61 Å². The zero-order chi connectivity index (χ0) is 11.2. The summed E-state index contributed by atoms with van der Waals surface area (Å²) in [5, 5.41) is 8.59. The zero-order valence-corrected chi connectivity index (χ0v) is 9.70. The molecule has 0 fully saturated rings. The van der Waals surface area contributed by atoms with Crippen LogP contribution in [0.25, 0.3) is 0 Å². The highest BCUT2D eigenvalue weighted by Gasteiger charge is 1.89. The first-order chi connectivity index (χ1) is 7.41. The Morgan fingerprint density at radius 3 is 2.13 bits per heavy atom. The van der Waals surface area contributed by atoms with E-state index in [9.17, 15) is 0 Å². The van der Waals surface area contributed by atoms with Gasteiger partial charge < -0.3 is 5.11 Å². The summed E-state index contributed by atoms with van der Waals surface area (Å²) in [4.78, 5) is 0. The Morgan fingerprint density at radius 2 is 1.47 bits per heavy atom. The van der Waals surface area contributed by atoms with Crippen LogP contribution in [-0.2, 0) is 0 Å². The second-order valence-corrected chi connectivity index (χ2v) is 3.68. The number of hydrogen-bond acceptors (Lipinski definition) is 1. The fraction of sp³-hybridized carbons (Fsp3) is 0.571. The Hall–Kier alpha value is -0.820. The Bertz CT molecular complexity index is 180. The van der Waals surface area contributed by atoms with Crippen LogP contribution in [0.1, 0.15) is 44.9 Å². The van der Waals surface area contributed by atoms with Gasteiger partial charge in [-0.05, 0) is 19.3 Å². The van der Waals surface area contributed by atoms with Gasteiger partial charge in [-0.25, -0.2) is 0 Å². The molecule has 1 N–H and O–H groups in total. The summed E-state index contributed by atoms with van der Waals surface area (Å²) in [7, 11) is 0. The van der Waals surface area contributed by atoms with Gasteiger partial charge in [0.25, 0.3) is 0 Å². The lowest BCUT2D eigenvalue weighted by molar-refractivity contribution is 0.282. The maximum absolute atomic E-state index is 8.59. The number of unbranched alkanes of at least 4 members (excludes halogenated alkanes) is 6. The van der Waals surface area contributed by atoms with Crippen molar-refractivity contribution in [3.8, 4) is 0 Å². The molecule has 0 aromatic heterocycles. The molecule has 0 rings (SSSR count). The molecule has 0 spiro atoms. The summed E-state index contributed by atoms with van der Waals surface area (Å²) in [6, 6.07) is 0. The molecule has 1 heteroatoms. The molecule has 86 valence electrons. The van der Waals surface area contributed by atoms with Gasteiger partial charge >= 0.3 is 0 Å². The van der Waals surface area contributed by atoms with Crippen molar-refractivity contribution in [1.29, 1.82) is 0 Å². The minimum Gasteiger partial charge on any atom is -0.396 e. The van der Waals surface area contributed by atoms with E-state index in [1.54, 1.807) is 6.08 Å². The molecule has 0 aliphatic heterocycles. The van der Waals surface area contributed by atoms with E-state index in [2.05, 4.69) is 18.7 Å². The monoisotopic (exact) mass is 208 g/mol. The van der Waals surface area contributed by atoms with Crippen LogP contribution in [0.2, 0.25) is 0 Å². The Labute approximate surface area is 94.2 Å². The van der Waals surface area contributed by atoms with Gasteiger partial charge in [0, 0.05) is 6.61 Å². The van der Waals surface area contributed by atoms with Crippen molar-refractivity contribution in [1.82, 2.24) is 0 Å². The summed E-state index contributed by atoms with van der Waals surface area (Å²) >= 11 is 0. The van der Waals surface area contributed by atoms with Crippen LogP contribution in [0.15, 0.2) is 37.0 Å². The van der Waals surface area contributed by atoms with E-state index in [4.69, 9.17) is 5.11 Å². The summed E-state index contributed by atoms with van der Waals surface area (Å²) in [6.45, 7) is 3.95. The van der Waals surface area contributed by atoms with Crippen molar-refractivity contribution in [2.75, 3.05) is 6.61 Å². The van der Waals surface area contributed by atoms with Crippen LogP contribution in [0.4, 0.5) is 0 Å². The lowest BCUT2D eigenvalue weighted by atomic mass is 10.1. The average Bonchev–Trinajstić information content (AvgIpc) is 2.26. The van der Waals surface area contributed by atoms with Crippen molar-refractivity contribution < 1.29 is 5.11 Å². The molecule has 0 atom stereocenters. The molecule has 0 aliphatic rings. The topological polar surface area (TPSA) is 20.2 Å². The first-order valence-corrected chi connectivity index (χ1v) is 5.97. The largest absolute Gasteiger partial charge is 0.396 e. The van der Waals surface area contributed by atoms with Gasteiger partial charge in [0.15, 0.2) is 0 Å². The fourth-order valence-corrected chi connectivity index (χ4v) is 1.40. The maximum Gasteiger partial charge on any atom is 0.0431 e. The van der Waals surface area contributed by atoms with Crippen molar-refractivity contribution in [3.63, 3.8) is 0 Å². The van der Waals surface area contributed by atoms with Gasteiger partial charge in [-0.1, -0.05) is 62.6 Å². The van der Waals surface area contributed by atoms with Gasteiger partial charge in [-0.15, -0.1) is 0 Å². The van der Waals surface area contributed by atoms with Crippen LogP contribution in [0.3, 0.4) is 0 Å². The summed E-state index contributed by atoms with van der Waals surface area (Å²) in [5.41, 5.74) is 0. The Morgan fingerprint density at radius 1 is 0.800 bits per heavy atom. The van der Waals surface area contributed by atoms with Crippen molar-refractivity contribution >= 4 is 0 Å². The average molecular weight is 208 g/mol. The highest BCUT2D eigenvalue weighted by molar-refractivity contribution is 5.08. The molecular formula is C14H24O. The smallest absolute Gasteiger partial charge is 0.0431 e. The maximum atomic E-state index is 8.59. The molecular weight excluding hydrogens is 184 g/mol. The normalized spacial score (nSPS) is 11.5. The third-order valence-electron chi connectivity index (χ3n) is 2.27. The van der Waals surface area contributed by atoms with E-state index >= 15 is 0 Å². The summed E-state index contributed by atoms with van der Waals surface area (Å²) in [5.74, 6) is 0. The third kappa shape index (κ3) is 13.2. The van der Waals surface area contributed by atoms with Crippen molar-refractivity contribution in [2.24, 2.45) is 0 Å². The lowest BCUT2D eigenvalue weighted by Crippen LogP contribution is -1.83. The first-order valence-electron chi connectivity index (χ1n) is 5.97. The fourth-order valence-electron chi connectivity index (χ4n) is 1.40. The third-order valence-corrected chi connectivity index (χ3v) is 2.27. The molecule has 0 saturated heterocycles. The van der Waals surface area contributed by atoms with Gasteiger partial charge in [0.05, 0.1) is 0 Å². The summed E-state index contributed by atoms with van der Waals surface area (Å²) in [6.07, 6.45) is 18.5. The predicted molar refractivity (Wildman–Crippen MR) is 67.9 cm³/mol. The quantitative estimate of drug-likeness (QED) is 0.425. The number of allylic oxidation sites excluding steroid dienone is 5. The minimum absolute atomic E-state index is 0.346. The number of aliphatic hydroxyl groups is 1. The van der Waals surface area contributed by atoms with Gasteiger partial charge in [0.1, 0.15) is 0 Å². The van der Waals surface area contributed by atoms with E-state index in [1.165, 1.54) is 38.5 Å². The summed E-state index contributed by atoms with van der Waals surface area (Å²) < 4.78 is 0. The van der Waals surface area contributed by atoms with Gasteiger partial charge in [-0.2, -0.15) is 0 Å². The van der Waals surface area contributed by atoms with E-state index in [-0.39, 0.29) is 0 Å². The van der Waals surface area contributed by atoms with Crippen LogP contribution in [-0.4, -0.2) is 11.7 Å². The standard InChI is InChI=1S/C14H24O/c1-2-3-4-5-6-7-8-9-10-11-12-13-14-15/h2-6,15H,1,7-14H2/b4-3+,6-5+. The molecule has 15 heavy (non-hydrogen) atoms. The van der Waals surface area contributed by atoms with Crippen LogP contribution >= 0.6 is 0 Å². The molecule has 0 aromatic rings. The highest BCUT2D eigenvalue weighted by Crippen LogP contribution is 2.07. The molecule has 0 heterocycles.